The number of nitrogens with zero attached hydrogens (tertiary/aromatic N) is 2. The molecule has 0 fully saturated rings. The van der Waals surface area contributed by atoms with Gasteiger partial charge in [0, 0.05) is 12.3 Å². The van der Waals surface area contributed by atoms with Crippen LogP contribution < -0.4 is 4.80 Å². The minimum Gasteiger partial charge on any atom is -0.316 e. The smallest absolute Gasteiger partial charge is 0.252 e. The molecule has 5 heteroatoms. The van der Waals surface area contributed by atoms with Gasteiger partial charge in [-0.1, -0.05) is 47.7 Å². The van der Waals surface area contributed by atoms with E-state index in [1.807, 2.05) is 30.3 Å². The zero-order chi connectivity index (χ0) is 16.9. The molecule has 0 bridgehead atoms. The standard InChI is InChI=1S/C19H20N2OS2/c1-14-8-9-16-17(12-14)24-19(21(16)10-11-23-2)20-18(22)13-15-6-4-3-5-7-15/h3-9,12H,10-11,13H2,1-2H3. The van der Waals surface area contributed by atoms with E-state index in [1.165, 1.54) is 10.3 Å². The molecule has 0 saturated carbocycles. The summed E-state index contributed by atoms with van der Waals surface area (Å²) < 4.78 is 3.35. The molecule has 1 aromatic heterocycles. The van der Waals surface area contributed by atoms with Crippen molar-refractivity contribution in [1.29, 1.82) is 0 Å². The summed E-state index contributed by atoms with van der Waals surface area (Å²) in [6.45, 7) is 2.95. The lowest BCUT2D eigenvalue weighted by Gasteiger charge is -2.04. The molecular weight excluding hydrogens is 336 g/mol. The molecular formula is C19H20N2OS2. The lowest BCUT2D eigenvalue weighted by Crippen LogP contribution is -2.18. The van der Waals surface area contributed by atoms with Crippen molar-refractivity contribution in [3.63, 3.8) is 0 Å². The molecule has 2 aromatic carbocycles. The van der Waals surface area contributed by atoms with Gasteiger partial charge >= 0.3 is 0 Å². The molecule has 3 nitrogen and oxygen atoms in total. The summed E-state index contributed by atoms with van der Waals surface area (Å²) >= 11 is 3.39. The number of carbonyl (C=O) groups is 1. The Balaban J connectivity index is 1.98. The highest BCUT2D eigenvalue weighted by molar-refractivity contribution is 7.98. The fourth-order valence-electron chi connectivity index (χ4n) is 2.58. The second-order valence-electron chi connectivity index (χ2n) is 5.67. The Labute approximate surface area is 150 Å². The molecule has 1 amide bonds. The SMILES string of the molecule is CSCCn1c(=NC(=O)Cc2ccccc2)sc2cc(C)ccc21. The first-order valence-corrected chi connectivity index (χ1v) is 10.1. The molecule has 0 spiro atoms. The number of aromatic nitrogens is 1. The van der Waals surface area contributed by atoms with Gasteiger partial charge in [0.25, 0.3) is 5.91 Å². The van der Waals surface area contributed by atoms with Gasteiger partial charge in [0.1, 0.15) is 0 Å². The maximum Gasteiger partial charge on any atom is 0.252 e. The predicted octanol–water partition coefficient (Wildman–Crippen LogP) is 4.04. The minimum absolute atomic E-state index is 0.0950. The molecule has 0 unspecified atom stereocenters. The van der Waals surface area contributed by atoms with E-state index in [2.05, 4.69) is 40.9 Å². The average molecular weight is 357 g/mol. The van der Waals surface area contributed by atoms with E-state index in [0.717, 1.165) is 28.2 Å². The second-order valence-corrected chi connectivity index (χ2v) is 7.66. The van der Waals surface area contributed by atoms with Gasteiger partial charge in [0.2, 0.25) is 0 Å². The molecule has 0 aliphatic heterocycles. The first kappa shape index (κ1) is 17.0. The highest BCUT2D eigenvalue weighted by atomic mass is 32.2. The molecule has 0 atom stereocenters. The van der Waals surface area contributed by atoms with E-state index in [1.54, 1.807) is 23.1 Å². The molecule has 3 rings (SSSR count). The van der Waals surface area contributed by atoms with Crippen molar-refractivity contribution in [3.05, 3.63) is 64.5 Å². The summed E-state index contributed by atoms with van der Waals surface area (Å²) in [6.07, 6.45) is 2.44. The molecule has 0 N–H and O–H groups in total. The van der Waals surface area contributed by atoms with Crippen molar-refractivity contribution in [1.82, 2.24) is 4.57 Å². The van der Waals surface area contributed by atoms with Gasteiger partial charge < -0.3 is 4.57 Å². The Bertz CT molecular complexity index is 910. The van der Waals surface area contributed by atoms with Crippen LogP contribution in [0, 0.1) is 6.92 Å². The Morgan fingerprint density at radius 1 is 1.21 bits per heavy atom. The molecule has 0 aliphatic rings. The summed E-state index contributed by atoms with van der Waals surface area (Å²) in [5.74, 6) is 0.905. The fraction of sp³-hybridized carbons (Fsp3) is 0.263. The number of rotatable bonds is 5. The van der Waals surface area contributed by atoms with Crippen LogP contribution in [0.2, 0.25) is 0 Å². The topological polar surface area (TPSA) is 34.4 Å². The zero-order valence-electron chi connectivity index (χ0n) is 13.9. The Morgan fingerprint density at radius 2 is 2.00 bits per heavy atom. The largest absolute Gasteiger partial charge is 0.316 e. The normalized spacial score (nSPS) is 12.0. The van der Waals surface area contributed by atoms with Crippen molar-refractivity contribution in [2.24, 2.45) is 4.99 Å². The van der Waals surface area contributed by atoms with E-state index >= 15 is 0 Å². The van der Waals surface area contributed by atoms with E-state index in [9.17, 15) is 4.79 Å². The van der Waals surface area contributed by atoms with Crippen LogP contribution in [0.1, 0.15) is 11.1 Å². The van der Waals surface area contributed by atoms with Crippen LogP contribution in [0.25, 0.3) is 10.2 Å². The van der Waals surface area contributed by atoms with Crippen molar-refractivity contribution in [3.8, 4) is 0 Å². The number of hydrogen-bond acceptors (Lipinski definition) is 3. The summed E-state index contributed by atoms with van der Waals surface area (Å²) in [4.78, 5) is 17.6. The molecule has 3 aromatic rings. The zero-order valence-corrected chi connectivity index (χ0v) is 15.5. The first-order chi connectivity index (χ1) is 11.7. The van der Waals surface area contributed by atoms with E-state index in [0.29, 0.717) is 6.42 Å². The first-order valence-electron chi connectivity index (χ1n) is 7.88. The van der Waals surface area contributed by atoms with Gasteiger partial charge in [0.05, 0.1) is 16.6 Å². The number of hydrogen-bond donors (Lipinski definition) is 0. The Hall–Kier alpha value is -1.85. The van der Waals surface area contributed by atoms with Gasteiger partial charge in [-0.05, 0) is 36.4 Å². The highest BCUT2D eigenvalue weighted by Gasteiger charge is 2.08. The van der Waals surface area contributed by atoms with Crippen LogP contribution in [0.4, 0.5) is 0 Å². The summed E-state index contributed by atoms with van der Waals surface area (Å²) in [7, 11) is 0. The van der Waals surface area contributed by atoms with E-state index < -0.39 is 0 Å². The number of carbonyl (C=O) groups excluding carboxylic acids is 1. The molecule has 124 valence electrons. The van der Waals surface area contributed by atoms with Crippen LogP contribution in [0.15, 0.2) is 53.5 Å². The molecule has 1 heterocycles. The van der Waals surface area contributed by atoms with Crippen LogP contribution >= 0.6 is 23.1 Å². The molecule has 0 saturated heterocycles. The monoisotopic (exact) mass is 356 g/mol. The summed E-state index contributed by atoms with van der Waals surface area (Å²) in [6, 6.07) is 16.2. The number of thioether (sulfide) groups is 1. The van der Waals surface area contributed by atoms with Gasteiger partial charge in [0.15, 0.2) is 4.80 Å². The number of amides is 1. The maximum atomic E-state index is 12.4. The predicted molar refractivity (Wildman–Crippen MR) is 104 cm³/mol. The summed E-state index contributed by atoms with van der Waals surface area (Å²) in [5.41, 5.74) is 3.38. The van der Waals surface area contributed by atoms with E-state index in [-0.39, 0.29) is 5.91 Å². The average Bonchev–Trinajstić information content (AvgIpc) is 2.89. The Morgan fingerprint density at radius 3 is 2.75 bits per heavy atom. The summed E-state index contributed by atoms with van der Waals surface area (Å²) in [5, 5.41) is 0. The lowest BCUT2D eigenvalue weighted by molar-refractivity contribution is -0.117. The quantitative estimate of drug-likeness (QED) is 0.691. The van der Waals surface area contributed by atoms with E-state index in [4.69, 9.17) is 0 Å². The van der Waals surface area contributed by atoms with Gasteiger partial charge in [-0.15, -0.1) is 0 Å². The van der Waals surface area contributed by atoms with Gasteiger partial charge in [-0.3, -0.25) is 4.79 Å². The number of thiazole rings is 1. The van der Waals surface area contributed by atoms with Gasteiger partial charge in [-0.2, -0.15) is 16.8 Å². The van der Waals surface area contributed by atoms with Crippen molar-refractivity contribution >= 4 is 39.2 Å². The highest BCUT2D eigenvalue weighted by Crippen LogP contribution is 2.19. The Kier molecular flexibility index (Phi) is 5.53. The molecule has 0 aliphatic carbocycles. The second kappa shape index (κ2) is 7.81. The van der Waals surface area contributed by atoms with Crippen LogP contribution in [0.3, 0.4) is 0 Å². The maximum absolute atomic E-state index is 12.4. The number of aryl methyl sites for hydroxylation is 2. The third-order valence-electron chi connectivity index (χ3n) is 3.78. The van der Waals surface area contributed by atoms with Crippen LogP contribution in [0.5, 0.6) is 0 Å². The van der Waals surface area contributed by atoms with Gasteiger partial charge in [-0.25, -0.2) is 0 Å². The van der Waals surface area contributed by atoms with Crippen molar-refractivity contribution < 1.29 is 4.79 Å². The third-order valence-corrected chi connectivity index (χ3v) is 5.41. The molecule has 0 radical (unpaired) electrons. The number of benzene rings is 2. The van der Waals surface area contributed by atoms with Crippen molar-refractivity contribution in [2.45, 2.75) is 19.9 Å². The van der Waals surface area contributed by atoms with Crippen molar-refractivity contribution in [2.75, 3.05) is 12.0 Å². The lowest BCUT2D eigenvalue weighted by atomic mass is 10.1. The van der Waals surface area contributed by atoms with Crippen LogP contribution in [-0.2, 0) is 17.8 Å². The van der Waals surface area contributed by atoms with Crippen LogP contribution in [-0.4, -0.2) is 22.5 Å². The minimum atomic E-state index is -0.0950. The molecule has 24 heavy (non-hydrogen) atoms. The number of fused-ring (bicyclic) bond motifs is 1. The third kappa shape index (κ3) is 3.97. The fourth-order valence-corrected chi connectivity index (χ4v) is 4.12.